The maximum absolute atomic E-state index is 13.3. The molecule has 0 saturated carbocycles. The normalized spacial score (nSPS) is 12.0. The second-order valence-electron chi connectivity index (χ2n) is 6.44. The molecule has 0 fully saturated rings. The molecule has 0 unspecified atom stereocenters. The molecule has 2 aromatic carbocycles. The van der Waals surface area contributed by atoms with Crippen LogP contribution in [0.15, 0.2) is 47.4 Å². The van der Waals surface area contributed by atoms with E-state index in [0.29, 0.717) is 12.1 Å². The van der Waals surface area contributed by atoms with E-state index in [9.17, 15) is 36.5 Å². The van der Waals surface area contributed by atoms with Crippen LogP contribution in [0.4, 0.5) is 24.5 Å². The van der Waals surface area contributed by atoms with Crippen LogP contribution in [-0.4, -0.2) is 32.0 Å². The van der Waals surface area contributed by atoms with Crippen LogP contribution in [0.1, 0.15) is 19.4 Å². The maximum atomic E-state index is 13.3. The molecular weight excluding hydrogens is 465 g/mol. The molecule has 0 atom stereocenters. The SMILES string of the molecule is CC(C)OC(=O)CN(c1cc(C(F)(F)F)ccc1Cl)S(=O)(=O)c1ccccc1[N+](=O)[O-]. The topological polar surface area (TPSA) is 107 Å². The molecule has 0 N–H and O–H groups in total. The van der Waals surface area contributed by atoms with Crippen LogP contribution in [0.25, 0.3) is 0 Å². The Labute approximate surface area is 180 Å². The molecule has 0 radical (unpaired) electrons. The van der Waals surface area contributed by atoms with Gasteiger partial charge in [-0.3, -0.25) is 19.2 Å². The number of nitro benzene ring substituents is 1. The first-order valence-corrected chi connectivity index (χ1v) is 10.4. The molecule has 8 nitrogen and oxygen atoms in total. The Morgan fingerprint density at radius 1 is 1.23 bits per heavy atom. The number of nitro groups is 1. The second-order valence-corrected chi connectivity index (χ2v) is 8.68. The quantitative estimate of drug-likeness (QED) is 0.330. The van der Waals surface area contributed by atoms with E-state index >= 15 is 0 Å². The number of alkyl halides is 3. The van der Waals surface area contributed by atoms with E-state index in [2.05, 4.69) is 0 Å². The number of anilines is 1. The molecule has 168 valence electrons. The number of sulfonamides is 1. The molecule has 0 bridgehead atoms. The van der Waals surface area contributed by atoms with E-state index in [0.717, 1.165) is 18.2 Å². The van der Waals surface area contributed by atoms with E-state index < -0.39 is 66.6 Å². The van der Waals surface area contributed by atoms with Crippen LogP contribution in [0, 0.1) is 10.1 Å². The summed E-state index contributed by atoms with van der Waals surface area (Å²) in [6, 6.07) is 6.10. The zero-order chi connectivity index (χ0) is 23.6. The highest BCUT2D eigenvalue weighted by molar-refractivity contribution is 7.93. The van der Waals surface area contributed by atoms with Gasteiger partial charge in [0.2, 0.25) is 0 Å². The van der Waals surface area contributed by atoms with Gasteiger partial charge in [-0.2, -0.15) is 13.2 Å². The number of rotatable bonds is 7. The first-order chi connectivity index (χ1) is 14.2. The fourth-order valence-corrected chi connectivity index (χ4v) is 4.39. The molecule has 2 rings (SSSR count). The van der Waals surface area contributed by atoms with Gasteiger partial charge < -0.3 is 4.74 Å². The molecule has 0 aliphatic heterocycles. The number of nitrogens with zero attached hydrogens (tertiary/aromatic N) is 2. The van der Waals surface area contributed by atoms with Gasteiger partial charge in [0.25, 0.3) is 15.7 Å². The first kappa shape index (κ1) is 24.4. The maximum Gasteiger partial charge on any atom is 0.416 e. The van der Waals surface area contributed by atoms with E-state index in [1.165, 1.54) is 26.0 Å². The molecule has 2 aromatic rings. The van der Waals surface area contributed by atoms with Gasteiger partial charge in [0, 0.05) is 6.07 Å². The molecule has 0 aliphatic rings. The van der Waals surface area contributed by atoms with Crippen molar-refractivity contribution in [3.8, 4) is 0 Å². The third kappa shape index (κ3) is 5.64. The summed E-state index contributed by atoms with van der Waals surface area (Å²) < 4.78 is 71.3. The number of halogens is 4. The standard InChI is InChI=1S/C18H16ClF3N2O6S/c1-11(2)30-17(25)10-23(15-9-12(18(20,21)22)7-8-13(15)19)31(28,29)16-6-4-3-5-14(16)24(26)27/h3-9,11H,10H2,1-2H3. The molecule has 0 heterocycles. The van der Waals surface area contributed by atoms with Crippen LogP contribution < -0.4 is 4.31 Å². The number of ether oxygens (including phenoxy) is 1. The Morgan fingerprint density at radius 2 is 1.84 bits per heavy atom. The van der Waals surface area contributed by atoms with Gasteiger partial charge >= 0.3 is 12.1 Å². The minimum absolute atomic E-state index is 0.262. The van der Waals surface area contributed by atoms with Crippen LogP contribution >= 0.6 is 11.6 Å². The predicted molar refractivity (Wildman–Crippen MR) is 105 cm³/mol. The van der Waals surface area contributed by atoms with Crippen LogP contribution in [0.3, 0.4) is 0 Å². The number of esters is 1. The summed E-state index contributed by atoms with van der Waals surface area (Å²) in [4.78, 5) is 21.7. The van der Waals surface area contributed by atoms with Crippen molar-refractivity contribution in [2.75, 3.05) is 10.8 Å². The third-order valence-corrected chi connectivity index (χ3v) is 5.94. The number of hydrogen-bond donors (Lipinski definition) is 0. The Morgan fingerprint density at radius 3 is 2.39 bits per heavy atom. The average molecular weight is 481 g/mol. The van der Waals surface area contributed by atoms with Gasteiger partial charge in [0.15, 0.2) is 4.90 Å². The molecule has 31 heavy (non-hydrogen) atoms. The molecule has 0 aliphatic carbocycles. The zero-order valence-corrected chi connectivity index (χ0v) is 17.7. The van der Waals surface area contributed by atoms with E-state index in [1.54, 1.807) is 0 Å². The lowest BCUT2D eigenvalue weighted by molar-refractivity contribution is -0.387. The van der Waals surface area contributed by atoms with Crippen LogP contribution in [-0.2, 0) is 25.7 Å². The summed E-state index contributed by atoms with van der Waals surface area (Å²) in [6.45, 7) is 1.90. The fraction of sp³-hybridized carbons (Fsp3) is 0.278. The fourth-order valence-electron chi connectivity index (χ4n) is 2.54. The number of para-hydroxylation sites is 1. The number of benzene rings is 2. The van der Waals surface area contributed by atoms with Crippen molar-refractivity contribution in [1.82, 2.24) is 0 Å². The highest BCUT2D eigenvalue weighted by Crippen LogP contribution is 2.38. The summed E-state index contributed by atoms with van der Waals surface area (Å²) in [5, 5.41) is 10.9. The minimum Gasteiger partial charge on any atom is -0.462 e. The van der Waals surface area contributed by atoms with Gasteiger partial charge in [-0.15, -0.1) is 0 Å². The highest BCUT2D eigenvalue weighted by Gasteiger charge is 2.37. The van der Waals surface area contributed by atoms with Crippen molar-refractivity contribution in [2.24, 2.45) is 0 Å². The van der Waals surface area contributed by atoms with Crippen molar-refractivity contribution < 1.29 is 36.0 Å². The van der Waals surface area contributed by atoms with Crippen LogP contribution in [0.5, 0.6) is 0 Å². The monoisotopic (exact) mass is 480 g/mol. The molecule has 0 amide bonds. The lowest BCUT2D eigenvalue weighted by atomic mass is 10.2. The lowest BCUT2D eigenvalue weighted by Crippen LogP contribution is -2.38. The summed E-state index contributed by atoms with van der Waals surface area (Å²) in [7, 11) is -4.91. The lowest BCUT2D eigenvalue weighted by Gasteiger charge is -2.25. The van der Waals surface area contributed by atoms with Gasteiger partial charge in [-0.05, 0) is 38.1 Å². The van der Waals surface area contributed by atoms with Crippen molar-refractivity contribution in [3.63, 3.8) is 0 Å². The largest absolute Gasteiger partial charge is 0.462 e. The van der Waals surface area contributed by atoms with Gasteiger partial charge in [-0.1, -0.05) is 23.7 Å². The average Bonchev–Trinajstić information content (AvgIpc) is 2.65. The summed E-state index contributed by atoms with van der Waals surface area (Å²) >= 11 is 5.97. The Bertz CT molecular complexity index is 1110. The van der Waals surface area contributed by atoms with Crippen molar-refractivity contribution in [3.05, 3.63) is 63.2 Å². The number of carbonyl (C=O) groups is 1. The smallest absolute Gasteiger partial charge is 0.416 e. The zero-order valence-electron chi connectivity index (χ0n) is 16.1. The van der Waals surface area contributed by atoms with Gasteiger partial charge in [-0.25, -0.2) is 8.42 Å². The molecule has 0 spiro atoms. The van der Waals surface area contributed by atoms with E-state index in [1.807, 2.05) is 0 Å². The van der Waals surface area contributed by atoms with E-state index in [-0.39, 0.29) is 4.31 Å². The minimum atomic E-state index is -4.91. The Hall–Kier alpha value is -2.86. The second kappa shape index (κ2) is 9.10. The van der Waals surface area contributed by atoms with Gasteiger partial charge in [0.05, 0.1) is 27.3 Å². The molecular formula is C18H16ClF3N2O6S. The van der Waals surface area contributed by atoms with Gasteiger partial charge in [0.1, 0.15) is 6.54 Å². The summed E-state index contributed by atoms with van der Waals surface area (Å²) in [5.74, 6) is -1.09. The molecule has 0 saturated heterocycles. The van der Waals surface area contributed by atoms with Crippen LogP contribution in [0.2, 0.25) is 5.02 Å². The highest BCUT2D eigenvalue weighted by atomic mass is 35.5. The molecule has 13 heteroatoms. The Balaban J connectivity index is 2.73. The van der Waals surface area contributed by atoms with E-state index in [4.69, 9.17) is 16.3 Å². The number of hydrogen-bond acceptors (Lipinski definition) is 6. The first-order valence-electron chi connectivity index (χ1n) is 8.57. The summed E-state index contributed by atoms with van der Waals surface area (Å²) in [5.41, 5.74) is -2.74. The van der Waals surface area contributed by atoms with Crippen molar-refractivity contribution >= 4 is 39.0 Å². The Kier molecular flexibility index (Phi) is 7.17. The van der Waals surface area contributed by atoms with Crippen molar-refractivity contribution in [2.45, 2.75) is 31.0 Å². The summed E-state index contributed by atoms with van der Waals surface area (Å²) in [6.07, 6.45) is -5.49. The number of carbonyl (C=O) groups excluding carboxylic acids is 1. The third-order valence-electron chi connectivity index (χ3n) is 3.81. The molecule has 0 aromatic heterocycles. The van der Waals surface area contributed by atoms with Crippen molar-refractivity contribution in [1.29, 1.82) is 0 Å². The predicted octanol–water partition coefficient (Wildman–Crippen LogP) is 4.41.